The fourth-order valence-electron chi connectivity index (χ4n) is 4.39. The van der Waals surface area contributed by atoms with Gasteiger partial charge in [-0.2, -0.15) is 5.10 Å². The molecule has 0 atom stereocenters. The summed E-state index contributed by atoms with van der Waals surface area (Å²) in [6.07, 6.45) is 10.7. The van der Waals surface area contributed by atoms with E-state index in [9.17, 15) is 9.59 Å². The zero-order chi connectivity index (χ0) is 21.5. The van der Waals surface area contributed by atoms with Gasteiger partial charge in [-0.15, -0.1) is 0 Å². The van der Waals surface area contributed by atoms with Gasteiger partial charge in [-0.3, -0.25) is 14.7 Å². The Morgan fingerprint density at radius 3 is 2.35 bits per heavy atom. The summed E-state index contributed by atoms with van der Waals surface area (Å²) < 4.78 is 1.53. The third kappa shape index (κ3) is 5.91. The molecule has 8 nitrogen and oxygen atoms in total. The Morgan fingerprint density at radius 2 is 1.65 bits per heavy atom. The summed E-state index contributed by atoms with van der Waals surface area (Å²) in [5, 5.41) is 7.76. The molecule has 3 heterocycles. The quantitative estimate of drug-likeness (QED) is 0.745. The first-order chi connectivity index (χ1) is 15.2. The number of urea groups is 1. The molecule has 166 valence electrons. The molecule has 0 unspecified atom stereocenters. The van der Waals surface area contributed by atoms with Crippen molar-refractivity contribution in [2.45, 2.75) is 51.1 Å². The van der Waals surface area contributed by atoms with Crippen LogP contribution in [0.15, 0.2) is 41.5 Å². The van der Waals surface area contributed by atoms with Crippen LogP contribution in [0.2, 0.25) is 0 Å². The summed E-state index contributed by atoms with van der Waals surface area (Å²) >= 11 is 0. The van der Waals surface area contributed by atoms with E-state index in [2.05, 4.69) is 20.3 Å². The van der Waals surface area contributed by atoms with Crippen LogP contribution in [0.4, 0.5) is 4.79 Å². The van der Waals surface area contributed by atoms with E-state index < -0.39 is 0 Å². The maximum atomic E-state index is 12.6. The van der Waals surface area contributed by atoms with Gasteiger partial charge in [0.25, 0.3) is 5.56 Å². The molecule has 1 aliphatic carbocycles. The fraction of sp³-hybridized carbons (Fsp3) is 0.565. The summed E-state index contributed by atoms with van der Waals surface area (Å²) in [6, 6.07) is 7.50. The van der Waals surface area contributed by atoms with Crippen LogP contribution in [0.25, 0.3) is 11.3 Å². The molecule has 2 amide bonds. The SMILES string of the molecule is O=C(NC1CCCCCC1)N1CCN(CCn2nc(-c3ccncc3)ccc2=O)CC1. The largest absolute Gasteiger partial charge is 0.335 e. The lowest BCUT2D eigenvalue weighted by Crippen LogP contribution is -2.53. The van der Waals surface area contributed by atoms with Gasteiger partial charge in [0, 0.05) is 62.8 Å². The van der Waals surface area contributed by atoms with Crippen molar-refractivity contribution < 1.29 is 4.79 Å². The Bertz CT molecular complexity index is 900. The number of nitrogens with one attached hydrogen (secondary N) is 1. The van der Waals surface area contributed by atoms with E-state index in [1.807, 2.05) is 17.0 Å². The summed E-state index contributed by atoms with van der Waals surface area (Å²) in [4.78, 5) is 33.1. The molecular weight excluding hydrogens is 392 g/mol. The van der Waals surface area contributed by atoms with E-state index in [-0.39, 0.29) is 11.6 Å². The van der Waals surface area contributed by atoms with Crippen molar-refractivity contribution in [2.24, 2.45) is 0 Å². The Hall–Kier alpha value is -2.74. The number of aromatic nitrogens is 3. The molecule has 4 rings (SSSR count). The minimum atomic E-state index is -0.0979. The van der Waals surface area contributed by atoms with Gasteiger partial charge >= 0.3 is 6.03 Å². The monoisotopic (exact) mass is 424 g/mol. The Kier molecular flexibility index (Phi) is 7.30. The average molecular weight is 425 g/mol. The number of hydrogen-bond acceptors (Lipinski definition) is 5. The number of carbonyl (C=O) groups excluding carboxylic acids is 1. The molecule has 0 aromatic carbocycles. The zero-order valence-corrected chi connectivity index (χ0v) is 18.1. The predicted molar refractivity (Wildman–Crippen MR) is 120 cm³/mol. The number of piperazine rings is 1. The Morgan fingerprint density at radius 1 is 0.935 bits per heavy atom. The lowest BCUT2D eigenvalue weighted by Gasteiger charge is -2.35. The molecule has 1 N–H and O–H groups in total. The van der Waals surface area contributed by atoms with Crippen molar-refractivity contribution in [1.29, 1.82) is 0 Å². The normalized spacial score (nSPS) is 18.5. The minimum absolute atomic E-state index is 0.0782. The average Bonchev–Trinajstić information content (AvgIpc) is 3.08. The molecule has 1 saturated heterocycles. The second-order valence-corrected chi connectivity index (χ2v) is 8.48. The number of pyridine rings is 1. The van der Waals surface area contributed by atoms with Crippen molar-refractivity contribution in [3.8, 4) is 11.3 Å². The van der Waals surface area contributed by atoms with Crippen LogP contribution < -0.4 is 10.9 Å². The first kappa shape index (κ1) is 21.5. The van der Waals surface area contributed by atoms with Crippen molar-refractivity contribution in [1.82, 2.24) is 29.9 Å². The van der Waals surface area contributed by atoms with Crippen LogP contribution in [0.5, 0.6) is 0 Å². The molecule has 2 fully saturated rings. The predicted octanol–water partition coefficient (Wildman–Crippen LogP) is 2.36. The summed E-state index contributed by atoms with van der Waals surface area (Å²) in [5.74, 6) is 0. The molecule has 0 radical (unpaired) electrons. The molecule has 0 spiro atoms. The molecule has 2 aromatic rings. The van der Waals surface area contributed by atoms with Gasteiger partial charge in [0.1, 0.15) is 0 Å². The lowest BCUT2D eigenvalue weighted by molar-refractivity contribution is 0.133. The van der Waals surface area contributed by atoms with E-state index in [4.69, 9.17) is 0 Å². The number of rotatable bonds is 5. The van der Waals surface area contributed by atoms with Gasteiger partial charge in [0.05, 0.1) is 12.2 Å². The van der Waals surface area contributed by atoms with E-state index in [1.165, 1.54) is 30.4 Å². The van der Waals surface area contributed by atoms with E-state index in [0.717, 1.165) is 56.8 Å². The molecular formula is C23H32N6O2. The maximum absolute atomic E-state index is 12.6. The van der Waals surface area contributed by atoms with Crippen LogP contribution in [0.1, 0.15) is 38.5 Å². The number of amides is 2. The Labute approximate surface area is 183 Å². The fourth-order valence-corrected chi connectivity index (χ4v) is 4.39. The third-order valence-corrected chi connectivity index (χ3v) is 6.31. The molecule has 8 heteroatoms. The molecule has 2 aliphatic rings. The van der Waals surface area contributed by atoms with Crippen molar-refractivity contribution in [2.75, 3.05) is 32.7 Å². The van der Waals surface area contributed by atoms with Crippen LogP contribution in [0, 0.1) is 0 Å². The topological polar surface area (TPSA) is 83.4 Å². The van der Waals surface area contributed by atoms with Crippen molar-refractivity contribution >= 4 is 6.03 Å². The van der Waals surface area contributed by atoms with Gasteiger partial charge in [-0.05, 0) is 31.0 Å². The summed E-state index contributed by atoms with van der Waals surface area (Å²) in [5.41, 5.74) is 1.61. The van der Waals surface area contributed by atoms with Crippen LogP contribution in [0.3, 0.4) is 0 Å². The second-order valence-electron chi connectivity index (χ2n) is 8.48. The molecule has 0 bridgehead atoms. The zero-order valence-electron chi connectivity index (χ0n) is 18.1. The lowest BCUT2D eigenvalue weighted by atomic mass is 10.1. The van der Waals surface area contributed by atoms with Gasteiger partial charge in [0.2, 0.25) is 0 Å². The molecule has 1 saturated carbocycles. The van der Waals surface area contributed by atoms with Crippen LogP contribution in [-0.2, 0) is 6.54 Å². The minimum Gasteiger partial charge on any atom is -0.335 e. The van der Waals surface area contributed by atoms with E-state index >= 15 is 0 Å². The van der Waals surface area contributed by atoms with Gasteiger partial charge in [-0.1, -0.05) is 25.7 Å². The first-order valence-electron chi connectivity index (χ1n) is 11.5. The van der Waals surface area contributed by atoms with Gasteiger partial charge in [-0.25, -0.2) is 9.48 Å². The van der Waals surface area contributed by atoms with Crippen molar-refractivity contribution in [3.05, 3.63) is 47.0 Å². The second kappa shape index (κ2) is 10.5. The highest BCUT2D eigenvalue weighted by molar-refractivity contribution is 5.74. The van der Waals surface area contributed by atoms with Crippen molar-refractivity contribution in [3.63, 3.8) is 0 Å². The first-order valence-corrected chi connectivity index (χ1v) is 11.5. The smallest absolute Gasteiger partial charge is 0.317 e. The number of hydrogen-bond donors (Lipinski definition) is 1. The van der Waals surface area contributed by atoms with Gasteiger partial charge in [0.15, 0.2) is 0 Å². The molecule has 31 heavy (non-hydrogen) atoms. The number of carbonyl (C=O) groups is 1. The summed E-state index contributed by atoms with van der Waals surface area (Å²) in [6.45, 7) is 4.35. The number of nitrogens with zero attached hydrogens (tertiary/aromatic N) is 5. The maximum Gasteiger partial charge on any atom is 0.317 e. The van der Waals surface area contributed by atoms with E-state index in [1.54, 1.807) is 24.5 Å². The molecule has 2 aromatic heterocycles. The summed E-state index contributed by atoms with van der Waals surface area (Å²) in [7, 11) is 0. The van der Waals surface area contributed by atoms with Crippen LogP contribution in [-0.4, -0.2) is 69.4 Å². The van der Waals surface area contributed by atoms with Gasteiger partial charge < -0.3 is 10.2 Å². The highest BCUT2D eigenvalue weighted by Crippen LogP contribution is 2.17. The standard InChI is InChI=1S/C23H32N6O2/c30-22-8-7-21(19-9-11-24-12-10-19)26-29(22)18-15-27-13-16-28(17-14-27)23(31)25-20-5-3-1-2-4-6-20/h7-12,20H,1-6,13-18H2,(H,25,31). The highest BCUT2D eigenvalue weighted by atomic mass is 16.2. The van der Waals surface area contributed by atoms with Crippen LogP contribution >= 0.6 is 0 Å². The highest BCUT2D eigenvalue weighted by Gasteiger charge is 2.23. The third-order valence-electron chi connectivity index (χ3n) is 6.31. The Balaban J connectivity index is 1.26. The van der Waals surface area contributed by atoms with E-state index in [0.29, 0.717) is 12.6 Å². The molecule has 1 aliphatic heterocycles.